The summed E-state index contributed by atoms with van der Waals surface area (Å²) in [5.74, 6) is 1.82. The normalized spacial score (nSPS) is 43.7. The predicted molar refractivity (Wildman–Crippen MR) is 152 cm³/mol. The first-order valence-electron chi connectivity index (χ1n) is 15.5. The number of aldehydes is 1. The molecule has 8 heteroatoms. The molecule has 1 aliphatic heterocycles. The van der Waals surface area contributed by atoms with E-state index in [1.807, 2.05) is 26.0 Å². The molecule has 1 N–H and O–H groups in total. The van der Waals surface area contributed by atoms with Crippen molar-refractivity contribution in [1.29, 1.82) is 0 Å². The maximum absolute atomic E-state index is 13.7. The molecule has 8 nitrogen and oxygen atoms in total. The fourth-order valence-electron chi connectivity index (χ4n) is 10.2. The molecule has 2 heterocycles. The van der Waals surface area contributed by atoms with Crippen molar-refractivity contribution >= 4 is 12.3 Å². The van der Waals surface area contributed by atoms with Crippen molar-refractivity contribution in [1.82, 2.24) is 4.90 Å². The molecule has 4 fully saturated rings. The van der Waals surface area contributed by atoms with E-state index in [4.69, 9.17) is 18.6 Å². The molecule has 3 saturated carbocycles. The predicted octanol–water partition coefficient (Wildman–Crippen LogP) is 5.09. The van der Waals surface area contributed by atoms with Gasteiger partial charge in [-0.1, -0.05) is 38.8 Å². The van der Waals surface area contributed by atoms with Crippen molar-refractivity contribution in [2.75, 3.05) is 26.8 Å². The SMILES string of the molecule is CO[C@H]1CN(Cc2ccc(C)o2)C[C@H](OCC23C[C@@H]4[C@H](C)CC[C@H]4[C@@]4(C=O)CC2C=C(C(C)C)[C@@]34C(=O)O)O[C@@H]1C. The Morgan fingerprint density at radius 2 is 2.00 bits per heavy atom. The first kappa shape index (κ1) is 29.1. The Labute approximate surface area is 243 Å². The Morgan fingerprint density at radius 1 is 1.22 bits per heavy atom. The highest BCUT2D eigenvalue weighted by molar-refractivity contribution is 5.90. The standard InChI is InChI=1S/C33H47NO7/c1-19(2)27-11-23-12-31(17-35)26-10-7-20(3)25(26)13-32(23,33(27,31)30(36)37)18-39-29-16-34(14-24-9-8-21(4)40-24)15-28(38-6)22(5)41-29/h8-9,11,17,19-20,22-23,25-26,28-29H,7,10,12-16,18H2,1-6H3,(H,36,37)/t20-,22-,23?,25-,26-,28+,29-,31+,32?,33+/m1/s1. The molecule has 0 amide bonds. The third kappa shape index (κ3) is 4.00. The van der Waals surface area contributed by atoms with E-state index in [0.29, 0.717) is 37.9 Å². The second-order valence-electron chi connectivity index (χ2n) is 14.0. The number of furan rings is 1. The summed E-state index contributed by atoms with van der Waals surface area (Å²) in [7, 11) is 1.70. The van der Waals surface area contributed by atoms with Crippen molar-refractivity contribution in [2.24, 2.45) is 45.8 Å². The highest BCUT2D eigenvalue weighted by Crippen LogP contribution is 2.82. The lowest BCUT2D eigenvalue weighted by Crippen LogP contribution is -2.63. The summed E-state index contributed by atoms with van der Waals surface area (Å²) >= 11 is 0. The van der Waals surface area contributed by atoms with Crippen LogP contribution in [0.15, 0.2) is 28.2 Å². The van der Waals surface area contributed by atoms with E-state index in [1.54, 1.807) is 7.11 Å². The quantitative estimate of drug-likeness (QED) is 0.324. The van der Waals surface area contributed by atoms with Gasteiger partial charge >= 0.3 is 5.97 Å². The molecular formula is C33H47NO7. The molecule has 41 heavy (non-hydrogen) atoms. The average Bonchev–Trinajstić information content (AvgIpc) is 3.60. The summed E-state index contributed by atoms with van der Waals surface area (Å²) < 4.78 is 24.9. The van der Waals surface area contributed by atoms with Gasteiger partial charge in [-0.25, -0.2) is 0 Å². The van der Waals surface area contributed by atoms with Gasteiger partial charge in [0.2, 0.25) is 0 Å². The van der Waals surface area contributed by atoms with Gasteiger partial charge in [0.15, 0.2) is 6.29 Å². The number of carboxylic acids is 1. The topological polar surface area (TPSA) is 98.4 Å². The minimum atomic E-state index is -1.25. The molecule has 6 rings (SSSR count). The first-order valence-corrected chi connectivity index (χ1v) is 15.5. The lowest BCUT2D eigenvalue weighted by molar-refractivity contribution is -0.220. The van der Waals surface area contributed by atoms with Gasteiger partial charge < -0.3 is 28.5 Å². The van der Waals surface area contributed by atoms with E-state index in [1.165, 1.54) is 0 Å². The van der Waals surface area contributed by atoms with E-state index in [2.05, 4.69) is 31.7 Å². The van der Waals surface area contributed by atoms with Gasteiger partial charge in [0, 0.05) is 19.1 Å². The summed E-state index contributed by atoms with van der Waals surface area (Å²) in [5, 5.41) is 11.2. The van der Waals surface area contributed by atoms with Crippen molar-refractivity contribution in [3.05, 3.63) is 35.3 Å². The van der Waals surface area contributed by atoms with Crippen LogP contribution in [0.4, 0.5) is 0 Å². The number of allylic oxidation sites excluding steroid dienone is 1. The largest absolute Gasteiger partial charge is 0.481 e. The third-order valence-corrected chi connectivity index (χ3v) is 11.9. The molecular weight excluding hydrogens is 522 g/mol. The van der Waals surface area contributed by atoms with Gasteiger partial charge in [-0.2, -0.15) is 0 Å². The minimum Gasteiger partial charge on any atom is -0.481 e. The fraction of sp³-hybridized carbons (Fsp3) is 0.758. The summed E-state index contributed by atoms with van der Waals surface area (Å²) in [4.78, 5) is 29.3. The summed E-state index contributed by atoms with van der Waals surface area (Å²) in [6.45, 7) is 12.4. The van der Waals surface area contributed by atoms with Crippen LogP contribution in [-0.4, -0.2) is 67.6 Å². The molecule has 1 saturated heterocycles. The number of carbonyl (C=O) groups excluding carboxylic acids is 1. The highest BCUT2D eigenvalue weighted by atomic mass is 16.7. The van der Waals surface area contributed by atoms with Gasteiger partial charge in [0.05, 0.1) is 37.3 Å². The van der Waals surface area contributed by atoms with E-state index in [9.17, 15) is 14.7 Å². The number of aliphatic carboxylic acids is 1. The fourth-order valence-corrected chi connectivity index (χ4v) is 10.2. The molecule has 1 aromatic rings. The summed E-state index contributed by atoms with van der Waals surface area (Å²) in [6, 6.07) is 3.96. The van der Waals surface area contributed by atoms with Crippen LogP contribution in [0.25, 0.3) is 0 Å². The molecule has 226 valence electrons. The Hall–Kier alpha value is -2.00. The second-order valence-corrected chi connectivity index (χ2v) is 14.0. The Bertz CT molecular complexity index is 1210. The average molecular weight is 570 g/mol. The van der Waals surface area contributed by atoms with Crippen LogP contribution in [0.1, 0.15) is 64.9 Å². The maximum atomic E-state index is 13.7. The van der Waals surface area contributed by atoms with Gasteiger partial charge in [0.1, 0.15) is 23.2 Å². The van der Waals surface area contributed by atoms with Crippen LogP contribution in [0, 0.1) is 52.8 Å². The maximum Gasteiger partial charge on any atom is 0.315 e. The number of carbonyl (C=O) groups is 2. The van der Waals surface area contributed by atoms with Crippen molar-refractivity contribution in [3.8, 4) is 0 Å². The van der Waals surface area contributed by atoms with E-state index >= 15 is 0 Å². The number of ether oxygens (including phenoxy) is 3. The molecule has 0 aromatic carbocycles. The lowest BCUT2D eigenvalue weighted by atomic mass is 9.43. The molecule has 4 bridgehead atoms. The van der Waals surface area contributed by atoms with Crippen molar-refractivity contribution < 1.29 is 33.3 Å². The number of carboxylic acid groups (broad SMARTS) is 1. The van der Waals surface area contributed by atoms with E-state index in [0.717, 1.165) is 42.6 Å². The zero-order valence-electron chi connectivity index (χ0n) is 25.4. The zero-order chi connectivity index (χ0) is 29.3. The van der Waals surface area contributed by atoms with E-state index in [-0.39, 0.29) is 36.6 Å². The number of rotatable bonds is 9. The molecule has 1 aromatic heterocycles. The van der Waals surface area contributed by atoms with E-state index < -0.39 is 28.5 Å². The number of hydrogen-bond acceptors (Lipinski definition) is 7. The monoisotopic (exact) mass is 569 g/mol. The zero-order valence-corrected chi connectivity index (χ0v) is 25.4. The summed E-state index contributed by atoms with van der Waals surface area (Å²) in [6.07, 6.45) is 5.74. The molecule has 5 aliphatic rings. The molecule has 10 atom stereocenters. The molecule has 2 unspecified atom stereocenters. The Kier molecular flexibility index (Phi) is 7.32. The number of aryl methyl sites for hydroxylation is 1. The lowest BCUT2D eigenvalue weighted by Gasteiger charge is -2.58. The van der Waals surface area contributed by atoms with Crippen LogP contribution < -0.4 is 0 Å². The van der Waals surface area contributed by atoms with Gasteiger partial charge in [-0.05, 0) is 74.8 Å². The van der Waals surface area contributed by atoms with Crippen molar-refractivity contribution in [2.45, 2.75) is 85.3 Å². The van der Waals surface area contributed by atoms with Gasteiger partial charge in [-0.15, -0.1) is 0 Å². The Balaban J connectivity index is 1.34. The highest BCUT2D eigenvalue weighted by Gasteiger charge is 2.84. The third-order valence-electron chi connectivity index (χ3n) is 11.9. The smallest absolute Gasteiger partial charge is 0.315 e. The minimum absolute atomic E-state index is 0.00359. The van der Waals surface area contributed by atoms with Gasteiger partial charge in [-0.3, -0.25) is 9.69 Å². The molecule has 0 radical (unpaired) electrons. The number of methoxy groups -OCH3 is 1. The first-order chi connectivity index (χ1) is 19.5. The van der Waals surface area contributed by atoms with Crippen LogP contribution in [-0.2, 0) is 30.3 Å². The second kappa shape index (κ2) is 10.3. The molecule has 4 aliphatic carbocycles. The number of nitrogens with zero attached hydrogens (tertiary/aromatic N) is 1. The van der Waals surface area contributed by atoms with Crippen LogP contribution >= 0.6 is 0 Å². The number of fused-ring (bicyclic) bond motifs is 2. The Morgan fingerprint density at radius 3 is 2.63 bits per heavy atom. The van der Waals surface area contributed by atoms with Crippen LogP contribution in [0.5, 0.6) is 0 Å². The molecule has 0 spiro atoms. The van der Waals surface area contributed by atoms with Crippen LogP contribution in [0.2, 0.25) is 0 Å². The van der Waals surface area contributed by atoms with Crippen LogP contribution in [0.3, 0.4) is 0 Å². The van der Waals surface area contributed by atoms with Gasteiger partial charge in [0.25, 0.3) is 0 Å². The number of hydrogen-bond donors (Lipinski definition) is 1. The summed E-state index contributed by atoms with van der Waals surface area (Å²) in [5.41, 5.74) is -1.89. The van der Waals surface area contributed by atoms with Crippen molar-refractivity contribution in [3.63, 3.8) is 0 Å².